The number of guanidine groups is 1. The van der Waals surface area contributed by atoms with Gasteiger partial charge in [-0.3, -0.25) is 96.1 Å². The number of aliphatic hydroxyl groups excluding tert-OH is 2. The molecule has 17 amide bonds. The zero-order chi connectivity index (χ0) is 95.6. The fourth-order valence-electron chi connectivity index (χ4n) is 13.5. The molecule has 1 aromatic heterocycles. The molecule has 2 aliphatic heterocycles. The summed E-state index contributed by atoms with van der Waals surface area (Å²) in [7, 11) is 0. The van der Waals surface area contributed by atoms with Crippen LogP contribution in [0.15, 0.2) is 17.5 Å². The van der Waals surface area contributed by atoms with Crippen molar-refractivity contribution in [2.45, 2.75) is 268 Å². The number of likely N-dealkylation sites (tertiary alicyclic amines) is 2. The molecular formula is C77H129N25O25. The van der Waals surface area contributed by atoms with Crippen LogP contribution in [0.5, 0.6) is 0 Å². The van der Waals surface area contributed by atoms with Gasteiger partial charge < -0.3 is 149 Å². The number of amides is 17. The second-order valence-corrected chi connectivity index (χ2v) is 32.2. The predicted molar refractivity (Wildman–Crippen MR) is 449 cm³/mol. The van der Waals surface area contributed by atoms with Crippen molar-refractivity contribution in [3.05, 3.63) is 18.2 Å². The minimum Gasteiger partial charge on any atom is -0.481 e. The van der Waals surface area contributed by atoms with Crippen molar-refractivity contribution >= 4 is 124 Å². The van der Waals surface area contributed by atoms with Crippen LogP contribution in [0, 0.1) is 17.8 Å². The van der Waals surface area contributed by atoms with E-state index in [0.717, 1.165) is 4.90 Å². The van der Waals surface area contributed by atoms with Gasteiger partial charge in [-0.15, -0.1) is 0 Å². The number of carboxylic acid groups (broad SMARTS) is 3. The maximum atomic E-state index is 15.0. The topological polar surface area (TPSA) is 815 Å². The van der Waals surface area contributed by atoms with Crippen molar-refractivity contribution < 1.29 is 121 Å². The van der Waals surface area contributed by atoms with Crippen LogP contribution in [0.4, 0.5) is 0 Å². The number of nitrogens with zero attached hydrogens (tertiary/aromatic N) is 4. The molecule has 2 saturated heterocycles. The van der Waals surface area contributed by atoms with Crippen LogP contribution in [0.2, 0.25) is 0 Å². The van der Waals surface area contributed by atoms with E-state index in [1.54, 1.807) is 41.5 Å². The Morgan fingerprint density at radius 1 is 0.465 bits per heavy atom. The number of H-pyrrole nitrogens is 1. The molecule has 50 nitrogen and oxygen atoms in total. The van der Waals surface area contributed by atoms with Crippen molar-refractivity contribution in [1.82, 2.24) is 94.2 Å². The van der Waals surface area contributed by atoms with Crippen LogP contribution in [-0.4, -0.2) is 319 Å². The highest BCUT2D eigenvalue weighted by Crippen LogP contribution is 2.24. The molecule has 712 valence electrons. The molecule has 0 bridgehead atoms. The number of aromatic nitrogens is 2. The quantitative estimate of drug-likeness (QED) is 0.0164. The number of nitrogens with one attached hydrogen (secondary N) is 15. The maximum absolute atomic E-state index is 15.0. The number of carbonyl (C=O) groups excluding carboxylic acids is 17. The van der Waals surface area contributed by atoms with Crippen LogP contribution in [-0.2, 0) is 102 Å². The van der Waals surface area contributed by atoms with Gasteiger partial charge in [-0.2, -0.15) is 0 Å². The first-order valence-electron chi connectivity index (χ1n) is 42.0. The van der Waals surface area contributed by atoms with Gasteiger partial charge in [-0.25, -0.2) is 9.78 Å². The fourth-order valence-corrected chi connectivity index (χ4v) is 13.5. The monoisotopic (exact) mass is 1800 g/mol. The standard InChI is InChI=1S/C77H129N25O25/c1-37(2)26-46(65(115)91-44(18-13-23-85-77(82)83)63(113)88-41(8)62(112)90-43(16-9-11-21-78)64(114)95-49(29-56(81)105)68(118)99-53(35-104)70(120)98-51(76(126)127)31-59(109)110)93-67(117)48(28-42-32-84-36-87-42)96-71(121)54-19-14-24-101(54)74(124)45(17-10-12-22-79)92-66(116)47(27-38(3)4)94-69(119)52(34-103)89-57(106)33-86-73(123)60(39(5)6)100-72(122)55-20-15-25-102(55)75(125)50(30-58(107)108)97-61(111)40(7)80/h32,36-41,43-55,60,103-104H,9-31,33-35,78-80H2,1-8H3,(H2,81,105)(H,84,87)(H,86,123)(H,88,113)(H,89,106)(H,90,112)(H,91,115)(H,92,116)(H,93,117)(H,94,119)(H,95,114)(H,96,121)(H,97,111)(H,98,120)(H,99,118)(H,100,122)(H,107,108)(H,109,110)(H,126,127)(H4,82,83,85)/t40-,41-,43-,44-,45-,46-,47-,48-,49-,50-,51-,52-,53-,54-,55-,60-/m0/s1. The minimum atomic E-state index is -2.01. The van der Waals surface area contributed by atoms with E-state index in [2.05, 4.69) is 78.8 Å². The number of aliphatic imine (C=N–C) groups is 1. The second-order valence-electron chi connectivity index (χ2n) is 32.2. The number of unbranched alkanes of at least 4 members (excludes halogenated alkanes) is 2. The van der Waals surface area contributed by atoms with E-state index in [4.69, 9.17) is 39.5 Å². The highest BCUT2D eigenvalue weighted by molar-refractivity contribution is 6.02. The number of imidazole rings is 1. The molecule has 0 aromatic carbocycles. The molecule has 3 rings (SSSR count). The number of primary amides is 1. The Morgan fingerprint density at radius 3 is 1.35 bits per heavy atom. The van der Waals surface area contributed by atoms with E-state index in [1.807, 2.05) is 10.6 Å². The Bertz CT molecular complexity index is 3980. The normalized spacial score (nSPS) is 16.9. The minimum absolute atomic E-state index is 0.0119. The van der Waals surface area contributed by atoms with Crippen molar-refractivity contribution in [3.63, 3.8) is 0 Å². The van der Waals surface area contributed by atoms with Gasteiger partial charge in [-0.1, -0.05) is 41.5 Å². The van der Waals surface area contributed by atoms with E-state index in [0.29, 0.717) is 25.0 Å². The molecule has 127 heavy (non-hydrogen) atoms. The number of hydrogen-bond acceptors (Lipinski definition) is 27. The number of rotatable bonds is 58. The third kappa shape index (κ3) is 38.2. The van der Waals surface area contributed by atoms with E-state index in [9.17, 15) is 116 Å². The summed E-state index contributed by atoms with van der Waals surface area (Å²) < 4.78 is 0. The number of carboxylic acids is 3. The van der Waals surface area contributed by atoms with Crippen LogP contribution in [0.25, 0.3) is 0 Å². The summed E-state index contributed by atoms with van der Waals surface area (Å²) in [6, 6.07) is -24.5. The molecule has 2 aliphatic rings. The largest absolute Gasteiger partial charge is 0.481 e. The SMILES string of the molecule is CC(C)C[C@H](NC(=O)[C@H](Cc1cnc[nH]1)NC(=O)[C@@H]1CCCN1C(=O)[C@H](CCCCN)NC(=O)[C@H](CC(C)C)NC(=O)[C@H](CO)NC(=O)CNC(=O)[C@@H](NC(=O)[C@@H]1CCCN1C(=O)[C@H](CC(=O)O)NC(=O)[C@H](C)N)C(C)C)C(=O)N[C@@H](CCCN=C(N)N)C(=O)N[C@@H](C)C(=O)N[C@@H](CCCCN)C(=O)N[C@@H](CC(N)=O)C(=O)N[C@@H](CO)C(=O)N[C@@H](CC(=O)O)C(=O)O. The Kier molecular flexibility index (Phi) is 47.3. The summed E-state index contributed by atoms with van der Waals surface area (Å²) in [6.45, 7) is 9.72. The van der Waals surface area contributed by atoms with E-state index < -0.39 is 260 Å². The van der Waals surface area contributed by atoms with Gasteiger partial charge >= 0.3 is 17.9 Å². The molecule has 1 aromatic rings. The Labute approximate surface area is 732 Å². The number of aliphatic hydroxyl groups is 2. The van der Waals surface area contributed by atoms with Crippen molar-refractivity contribution in [1.29, 1.82) is 0 Å². The van der Waals surface area contributed by atoms with Crippen molar-refractivity contribution in [2.75, 3.05) is 52.5 Å². The molecule has 0 radical (unpaired) electrons. The summed E-state index contributed by atoms with van der Waals surface area (Å²) in [4.78, 5) is 283. The lowest BCUT2D eigenvalue weighted by atomic mass is 10.0. The highest BCUT2D eigenvalue weighted by atomic mass is 16.4. The predicted octanol–water partition coefficient (Wildman–Crippen LogP) is -10.3. The number of aliphatic carboxylic acids is 3. The molecule has 0 spiro atoms. The lowest BCUT2D eigenvalue weighted by Gasteiger charge is -2.31. The van der Waals surface area contributed by atoms with Crippen LogP contribution < -0.4 is 109 Å². The van der Waals surface area contributed by atoms with Crippen LogP contribution in [0.3, 0.4) is 0 Å². The lowest BCUT2D eigenvalue weighted by molar-refractivity contribution is -0.147. The molecule has 0 saturated carbocycles. The molecule has 3 heterocycles. The van der Waals surface area contributed by atoms with Gasteiger partial charge in [-0.05, 0) is 135 Å². The first kappa shape index (κ1) is 109. The van der Waals surface area contributed by atoms with Gasteiger partial charge in [0.25, 0.3) is 0 Å². The van der Waals surface area contributed by atoms with Gasteiger partial charge in [0.1, 0.15) is 90.6 Å². The van der Waals surface area contributed by atoms with Gasteiger partial charge in [0.05, 0.1) is 51.4 Å². The molecule has 16 atom stereocenters. The number of hydrogen-bond donors (Lipinski definition) is 26. The highest BCUT2D eigenvalue weighted by Gasteiger charge is 2.44. The average molecular weight is 1810 g/mol. The lowest BCUT2D eigenvalue weighted by Crippen LogP contribution is -2.61. The first-order valence-corrected chi connectivity index (χ1v) is 42.0. The number of carbonyl (C=O) groups is 20. The summed E-state index contributed by atoms with van der Waals surface area (Å²) in [6.07, 6.45) is 0.778. The molecule has 0 unspecified atom stereocenters. The van der Waals surface area contributed by atoms with Gasteiger partial charge in [0.15, 0.2) is 5.96 Å². The third-order valence-corrected chi connectivity index (χ3v) is 20.2. The number of aromatic amines is 1. The molecular weight excluding hydrogens is 1670 g/mol. The average Bonchev–Trinajstić information content (AvgIpc) is 1.71. The van der Waals surface area contributed by atoms with Crippen LogP contribution in [0.1, 0.15) is 170 Å². The molecule has 32 N–H and O–H groups in total. The molecule has 50 heteroatoms. The van der Waals surface area contributed by atoms with E-state index in [1.165, 1.54) is 31.3 Å². The van der Waals surface area contributed by atoms with E-state index in [-0.39, 0.29) is 128 Å². The second kappa shape index (κ2) is 55.2. The zero-order valence-electron chi connectivity index (χ0n) is 72.7. The molecule has 0 aliphatic carbocycles. The van der Waals surface area contributed by atoms with Crippen molar-refractivity contribution in [3.8, 4) is 0 Å². The van der Waals surface area contributed by atoms with Gasteiger partial charge in [0.2, 0.25) is 100 Å². The Morgan fingerprint density at radius 2 is 0.882 bits per heavy atom. The van der Waals surface area contributed by atoms with Crippen LogP contribution >= 0.6 is 0 Å². The smallest absolute Gasteiger partial charge is 0.326 e. The summed E-state index contributed by atoms with van der Waals surface area (Å²) in [5.41, 5.74) is 34.0. The van der Waals surface area contributed by atoms with Gasteiger partial charge in [0, 0.05) is 37.9 Å². The summed E-state index contributed by atoms with van der Waals surface area (Å²) in [5.74, 6) is -23.2. The summed E-state index contributed by atoms with van der Waals surface area (Å²) >= 11 is 0. The number of nitrogens with two attached hydrogens (primary N) is 6. The van der Waals surface area contributed by atoms with E-state index >= 15 is 0 Å². The third-order valence-electron chi connectivity index (χ3n) is 20.2. The first-order chi connectivity index (χ1) is 59.8. The molecule has 2 fully saturated rings. The summed E-state index contributed by atoms with van der Waals surface area (Å²) in [5, 5.41) is 82.3. The Hall–Kier alpha value is -12.3. The maximum Gasteiger partial charge on any atom is 0.326 e. The Balaban J connectivity index is 1.86. The fraction of sp³-hybridized carbons (Fsp3) is 0.688. The zero-order valence-corrected chi connectivity index (χ0v) is 72.7. The van der Waals surface area contributed by atoms with Crippen molar-refractivity contribution in [2.24, 2.45) is 57.1 Å².